The van der Waals surface area contributed by atoms with E-state index < -0.39 is 43.0 Å². The van der Waals surface area contributed by atoms with Crippen LogP contribution in [0, 0.1) is 0 Å². The summed E-state index contributed by atoms with van der Waals surface area (Å²) in [5.74, 6) is -0.772. The van der Waals surface area contributed by atoms with Crippen molar-refractivity contribution in [2.24, 2.45) is 0 Å². The molecular weight excluding hydrogens is 322 g/mol. The van der Waals surface area contributed by atoms with Gasteiger partial charge in [0.1, 0.15) is 18.0 Å². The molecule has 0 bridgehead atoms. The SMILES string of the molecule is OCC(O)C(O)c1ccc(OC(F)(F)[C@H](F)C(F)(F)F)cc1. The summed E-state index contributed by atoms with van der Waals surface area (Å²) in [6.07, 6.45) is -18.5. The van der Waals surface area contributed by atoms with Gasteiger partial charge >= 0.3 is 12.3 Å². The molecule has 0 spiro atoms. The van der Waals surface area contributed by atoms with E-state index in [9.17, 15) is 36.6 Å². The van der Waals surface area contributed by atoms with Crippen molar-refractivity contribution in [1.29, 1.82) is 0 Å². The van der Waals surface area contributed by atoms with E-state index in [0.717, 1.165) is 24.3 Å². The number of benzene rings is 1. The molecular formula is C12H12F6O4. The molecule has 0 heterocycles. The Labute approximate surface area is 120 Å². The number of halogens is 6. The Morgan fingerprint density at radius 3 is 1.91 bits per heavy atom. The van der Waals surface area contributed by atoms with E-state index >= 15 is 0 Å². The molecule has 0 saturated heterocycles. The highest BCUT2D eigenvalue weighted by Gasteiger charge is 2.59. The number of aliphatic hydroxyl groups is 3. The zero-order valence-electron chi connectivity index (χ0n) is 10.8. The molecule has 3 N–H and O–H groups in total. The van der Waals surface area contributed by atoms with Gasteiger partial charge in [0.15, 0.2) is 0 Å². The van der Waals surface area contributed by atoms with Gasteiger partial charge in [-0.05, 0) is 17.7 Å². The van der Waals surface area contributed by atoms with Crippen molar-refractivity contribution in [2.45, 2.75) is 30.7 Å². The van der Waals surface area contributed by atoms with Crippen molar-refractivity contribution in [1.82, 2.24) is 0 Å². The van der Waals surface area contributed by atoms with Gasteiger partial charge in [-0.25, -0.2) is 4.39 Å². The molecule has 126 valence electrons. The van der Waals surface area contributed by atoms with Crippen LogP contribution in [0.2, 0.25) is 0 Å². The zero-order chi connectivity index (χ0) is 17.1. The van der Waals surface area contributed by atoms with Gasteiger partial charge in [0.2, 0.25) is 0 Å². The summed E-state index contributed by atoms with van der Waals surface area (Å²) in [5, 5.41) is 27.3. The van der Waals surface area contributed by atoms with Crippen LogP contribution in [0.15, 0.2) is 24.3 Å². The van der Waals surface area contributed by atoms with Gasteiger partial charge in [0.25, 0.3) is 6.17 Å². The van der Waals surface area contributed by atoms with Crippen molar-refractivity contribution < 1.29 is 46.4 Å². The summed E-state index contributed by atoms with van der Waals surface area (Å²) in [6, 6.07) is 3.46. The largest absolute Gasteiger partial charge is 0.439 e. The highest BCUT2D eigenvalue weighted by Crippen LogP contribution is 2.36. The first-order chi connectivity index (χ1) is 9.99. The number of rotatable bonds is 6. The summed E-state index contributed by atoms with van der Waals surface area (Å²) >= 11 is 0. The maximum absolute atomic E-state index is 13.0. The molecule has 0 aliphatic heterocycles. The predicted molar refractivity (Wildman–Crippen MR) is 61.0 cm³/mol. The lowest BCUT2D eigenvalue weighted by molar-refractivity contribution is -0.304. The third-order valence-corrected chi connectivity index (χ3v) is 2.61. The predicted octanol–water partition coefficient (Wildman–Crippen LogP) is 1.95. The molecule has 3 atom stereocenters. The normalized spacial score (nSPS) is 17.0. The van der Waals surface area contributed by atoms with Gasteiger partial charge in [-0.1, -0.05) is 12.1 Å². The molecule has 1 rings (SSSR count). The molecule has 22 heavy (non-hydrogen) atoms. The van der Waals surface area contributed by atoms with Crippen molar-refractivity contribution in [3.05, 3.63) is 29.8 Å². The number of aliphatic hydroxyl groups excluding tert-OH is 3. The first-order valence-corrected chi connectivity index (χ1v) is 5.83. The minimum absolute atomic E-state index is 0.00941. The highest BCUT2D eigenvalue weighted by molar-refractivity contribution is 5.29. The third-order valence-electron chi connectivity index (χ3n) is 2.61. The van der Waals surface area contributed by atoms with Gasteiger partial charge in [-0.15, -0.1) is 0 Å². The molecule has 0 aliphatic carbocycles. The summed E-state index contributed by atoms with van der Waals surface area (Å²) < 4.78 is 78.1. The van der Waals surface area contributed by atoms with Crippen LogP contribution in [0.5, 0.6) is 5.75 Å². The second-order valence-corrected chi connectivity index (χ2v) is 4.33. The van der Waals surface area contributed by atoms with Crippen LogP contribution in [0.1, 0.15) is 11.7 Å². The lowest BCUT2D eigenvalue weighted by atomic mass is 10.1. The minimum Gasteiger partial charge on any atom is -0.430 e. The number of ether oxygens (including phenoxy) is 1. The summed E-state index contributed by atoms with van der Waals surface area (Å²) in [4.78, 5) is 0. The van der Waals surface area contributed by atoms with E-state index in [4.69, 9.17) is 5.11 Å². The first-order valence-electron chi connectivity index (χ1n) is 5.83. The lowest BCUT2D eigenvalue weighted by Crippen LogP contribution is -2.45. The molecule has 0 fully saturated rings. The van der Waals surface area contributed by atoms with Crippen LogP contribution >= 0.6 is 0 Å². The van der Waals surface area contributed by atoms with E-state index in [0.29, 0.717) is 0 Å². The zero-order valence-corrected chi connectivity index (χ0v) is 10.8. The van der Waals surface area contributed by atoms with Crippen LogP contribution in [0.4, 0.5) is 26.3 Å². The average Bonchev–Trinajstić information content (AvgIpc) is 2.44. The van der Waals surface area contributed by atoms with E-state index in [1.807, 2.05) is 0 Å². The summed E-state index contributed by atoms with van der Waals surface area (Å²) in [6.45, 7) is -0.771. The third kappa shape index (κ3) is 4.49. The van der Waals surface area contributed by atoms with Gasteiger partial charge < -0.3 is 20.1 Å². The maximum Gasteiger partial charge on any atom is 0.439 e. The molecule has 10 heteroatoms. The second kappa shape index (κ2) is 6.71. The smallest absolute Gasteiger partial charge is 0.430 e. The van der Waals surface area contributed by atoms with Crippen LogP contribution in [0.25, 0.3) is 0 Å². The number of hydrogen-bond donors (Lipinski definition) is 3. The second-order valence-electron chi connectivity index (χ2n) is 4.33. The lowest BCUT2D eigenvalue weighted by Gasteiger charge is -2.23. The molecule has 0 aliphatic rings. The molecule has 1 aromatic carbocycles. The van der Waals surface area contributed by atoms with E-state index in [-0.39, 0.29) is 5.56 Å². The van der Waals surface area contributed by atoms with Crippen LogP contribution in [-0.2, 0) is 0 Å². The first kappa shape index (κ1) is 18.5. The van der Waals surface area contributed by atoms with E-state index in [1.165, 1.54) is 0 Å². The fraction of sp³-hybridized carbons (Fsp3) is 0.500. The Kier molecular flexibility index (Phi) is 5.65. The van der Waals surface area contributed by atoms with Crippen molar-refractivity contribution in [3.8, 4) is 5.75 Å². The fourth-order valence-corrected chi connectivity index (χ4v) is 1.45. The molecule has 0 amide bonds. The Hall–Kier alpha value is -1.52. The van der Waals surface area contributed by atoms with Gasteiger partial charge in [0, 0.05) is 0 Å². The van der Waals surface area contributed by atoms with Crippen molar-refractivity contribution >= 4 is 0 Å². The molecule has 0 radical (unpaired) electrons. The van der Waals surface area contributed by atoms with Crippen LogP contribution in [-0.4, -0.2) is 46.5 Å². The summed E-state index contributed by atoms with van der Waals surface area (Å²) in [5.41, 5.74) is -0.00941. The van der Waals surface area contributed by atoms with Gasteiger partial charge in [0.05, 0.1) is 6.61 Å². The van der Waals surface area contributed by atoms with Crippen molar-refractivity contribution in [3.63, 3.8) is 0 Å². The van der Waals surface area contributed by atoms with Crippen LogP contribution < -0.4 is 4.74 Å². The molecule has 0 saturated carbocycles. The molecule has 4 nitrogen and oxygen atoms in total. The number of hydrogen-bond acceptors (Lipinski definition) is 4. The topological polar surface area (TPSA) is 69.9 Å². The Bertz CT molecular complexity index is 475. The number of alkyl halides is 6. The average molecular weight is 334 g/mol. The maximum atomic E-state index is 13.0. The Morgan fingerprint density at radius 2 is 1.50 bits per heavy atom. The van der Waals surface area contributed by atoms with Crippen molar-refractivity contribution in [2.75, 3.05) is 6.61 Å². The van der Waals surface area contributed by atoms with E-state index in [2.05, 4.69) is 4.74 Å². The minimum atomic E-state index is -5.79. The molecule has 2 unspecified atom stereocenters. The quantitative estimate of drug-likeness (QED) is 0.696. The molecule has 0 aromatic heterocycles. The van der Waals surface area contributed by atoms with E-state index in [1.54, 1.807) is 0 Å². The fourth-order valence-electron chi connectivity index (χ4n) is 1.45. The van der Waals surface area contributed by atoms with Gasteiger partial charge in [-0.2, -0.15) is 22.0 Å². The highest BCUT2D eigenvalue weighted by atomic mass is 19.4. The monoisotopic (exact) mass is 334 g/mol. The van der Waals surface area contributed by atoms with Crippen LogP contribution in [0.3, 0.4) is 0 Å². The Balaban J connectivity index is 2.84. The molecule has 1 aromatic rings. The van der Waals surface area contributed by atoms with Gasteiger partial charge in [-0.3, -0.25) is 0 Å². The Morgan fingerprint density at radius 1 is 1.00 bits per heavy atom. The summed E-state index contributed by atoms with van der Waals surface area (Å²) in [7, 11) is 0. The standard InChI is InChI=1S/C12H12F6O4/c13-10(11(14,15)16)12(17,18)22-7-3-1-6(2-4-7)9(21)8(20)5-19/h1-4,8-10,19-21H,5H2/t8?,9?,10-/m1/s1.